The zero-order valence-corrected chi connectivity index (χ0v) is 17.2. The number of carbonyl (C=O) groups is 2. The number of carbonyl (C=O) groups excluding carboxylic acids is 2. The fourth-order valence-electron chi connectivity index (χ4n) is 3.17. The van der Waals surface area contributed by atoms with Gasteiger partial charge in [0.1, 0.15) is 24.3 Å². The number of fused-ring (bicyclic) bond motifs is 1. The maximum atomic E-state index is 12.8. The highest BCUT2D eigenvalue weighted by Gasteiger charge is 2.41. The van der Waals surface area contributed by atoms with Crippen LogP contribution in [0, 0.1) is 0 Å². The number of methoxy groups -OCH3 is 1. The monoisotopic (exact) mass is 430 g/mol. The second kappa shape index (κ2) is 8.34. The van der Waals surface area contributed by atoms with Crippen LogP contribution in [0.5, 0.6) is 5.75 Å². The lowest BCUT2D eigenvalue weighted by Gasteiger charge is -2.32. The predicted octanol–water partition coefficient (Wildman–Crippen LogP) is 3.41. The minimum Gasteiger partial charge on any atom is -0.495 e. The topological polar surface area (TPSA) is 74.2 Å². The molecular formula is C20H19ClN4O3S. The number of benzene rings is 2. The Morgan fingerprint density at radius 3 is 2.83 bits per heavy atom. The van der Waals surface area contributed by atoms with Gasteiger partial charge in [0.15, 0.2) is 5.17 Å². The van der Waals surface area contributed by atoms with Gasteiger partial charge in [0.2, 0.25) is 11.8 Å². The molecule has 0 saturated carbocycles. The molecule has 2 amide bonds. The van der Waals surface area contributed by atoms with E-state index in [1.807, 2.05) is 41.3 Å². The number of nitrogens with zero attached hydrogens (tertiary/aromatic N) is 3. The number of hydrogen-bond donors (Lipinski definition) is 1. The predicted molar refractivity (Wildman–Crippen MR) is 116 cm³/mol. The molecule has 150 valence electrons. The number of rotatable bonds is 5. The molecule has 0 spiro atoms. The SMILES string of the molecule is COc1ccc(N2CN=C3SC(CC(=O)Nc4ccccc4)C(=O)N3C2)cc1Cl. The van der Waals surface area contributed by atoms with Gasteiger partial charge in [-0.3, -0.25) is 14.5 Å². The molecule has 0 bridgehead atoms. The molecular weight excluding hydrogens is 412 g/mol. The van der Waals surface area contributed by atoms with Crippen LogP contribution in [0.4, 0.5) is 11.4 Å². The molecule has 1 saturated heterocycles. The van der Waals surface area contributed by atoms with E-state index in [-0.39, 0.29) is 18.2 Å². The Morgan fingerprint density at radius 2 is 2.10 bits per heavy atom. The van der Waals surface area contributed by atoms with Crippen molar-refractivity contribution in [3.63, 3.8) is 0 Å². The van der Waals surface area contributed by atoms with E-state index >= 15 is 0 Å². The van der Waals surface area contributed by atoms with Crippen LogP contribution in [-0.4, -0.2) is 47.6 Å². The Balaban J connectivity index is 1.41. The number of halogens is 1. The Kier molecular flexibility index (Phi) is 5.64. The van der Waals surface area contributed by atoms with Crippen molar-refractivity contribution in [1.29, 1.82) is 0 Å². The molecule has 2 aromatic rings. The van der Waals surface area contributed by atoms with Crippen molar-refractivity contribution in [2.45, 2.75) is 11.7 Å². The summed E-state index contributed by atoms with van der Waals surface area (Å²) in [4.78, 5) is 33.3. The highest BCUT2D eigenvalue weighted by molar-refractivity contribution is 8.15. The van der Waals surface area contributed by atoms with Gasteiger partial charge in [0, 0.05) is 17.8 Å². The number of amides is 2. The van der Waals surface area contributed by atoms with Crippen LogP contribution in [0.2, 0.25) is 5.02 Å². The molecule has 2 heterocycles. The molecule has 0 aromatic heterocycles. The number of ether oxygens (including phenoxy) is 1. The Bertz CT molecular complexity index is 969. The molecule has 4 rings (SSSR count). The van der Waals surface area contributed by atoms with Crippen molar-refractivity contribution < 1.29 is 14.3 Å². The van der Waals surface area contributed by atoms with Crippen LogP contribution in [0.3, 0.4) is 0 Å². The van der Waals surface area contributed by atoms with Gasteiger partial charge in [-0.25, -0.2) is 4.99 Å². The number of nitrogens with one attached hydrogen (secondary N) is 1. The van der Waals surface area contributed by atoms with Crippen LogP contribution < -0.4 is 15.0 Å². The molecule has 0 radical (unpaired) electrons. The summed E-state index contributed by atoms with van der Waals surface area (Å²) < 4.78 is 5.18. The summed E-state index contributed by atoms with van der Waals surface area (Å²) in [6.07, 6.45) is 0.0995. The van der Waals surface area contributed by atoms with Gasteiger partial charge in [0.05, 0.1) is 12.1 Å². The van der Waals surface area contributed by atoms with Crippen molar-refractivity contribution in [2.75, 3.05) is 30.7 Å². The van der Waals surface area contributed by atoms with Crippen molar-refractivity contribution in [3.05, 3.63) is 53.6 Å². The maximum absolute atomic E-state index is 12.8. The first-order chi connectivity index (χ1) is 14.0. The number of para-hydroxylation sites is 1. The van der Waals surface area contributed by atoms with E-state index in [4.69, 9.17) is 16.3 Å². The van der Waals surface area contributed by atoms with Gasteiger partial charge < -0.3 is 15.0 Å². The highest BCUT2D eigenvalue weighted by Crippen LogP contribution is 2.34. The summed E-state index contributed by atoms with van der Waals surface area (Å²) in [6.45, 7) is 0.780. The van der Waals surface area contributed by atoms with E-state index in [1.54, 1.807) is 24.1 Å². The van der Waals surface area contributed by atoms with E-state index < -0.39 is 5.25 Å². The van der Waals surface area contributed by atoms with Crippen LogP contribution in [0.25, 0.3) is 0 Å². The van der Waals surface area contributed by atoms with E-state index in [0.717, 1.165) is 5.69 Å². The molecule has 1 fully saturated rings. The van der Waals surface area contributed by atoms with Crippen molar-refractivity contribution in [2.24, 2.45) is 4.99 Å². The maximum Gasteiger partial charge on any atom is 0.244 e. The minimum absolute atomic E-state index is 0.0995. The van der Waals surface area contributed by atoms with Crippen LogP contribution in [-0.2, 0) is 9.59 Å². The molecule has 7 nitrogen and oxygen atoms in total. The molecule has 29 heavy (non-hydrogen) atoms. The lowest BCUT2D eigenvalue weighted by molar-refractivity contribution is -0.128. The van der Waals surface area contributed by atoms with E-state index in [9.17, 15) is 9.59 Å². The first-order valence-electron chi connectivity index (χ1n) is 9.01. The zero-order chi connectivity index (χ0) is 20.4. The summed E-state index contributed by atoms with van der Waals surface area (Å²) in [5.74, 6) is 0.288. The number of amidine groups is 1. The number of thioether (sulfide) groups is 1. The number of aliphatic imine (C=N–C) groups is 1. The summed E-state index contributed by atoms with van der Waals surface area (Å²) in [5, 5.41) is 3.50. The molecule has 0 aliphatic carbocycles. The number of anilines is 2. The average molecular weight is 431 g/mol. The van der Waals surface area contributed by atoms with Gasteiger partial charge in [0.25, 0.3) is 0 Å². The standard InChI is InChI=1S/C20H19ClN4O3S/c1-28-16-8-7-14(9-15(16)21)24-11-22-20-25(12-24)19(27)17(29-20)10-18(26)23-13-5-3-2-4-6-13/h2-9,17H,10-12H2,1H3,(H,23,26). The third kappa shape index (κ3) is 4.18. The summed E-state index contributed by atoms with van der Waals surface area (Å²) >= 11 is 7.56. The fourth-order valence-corrected chi connectivity index (χ4v) is 4.55. The van der Waals surface area contributed by atoms with Gasteiger partial charge in [-0.2, -0.15) is 0 Å². The smallest absolute Gasteiger partial charge is 0.244 e. The molecule has 2 aliphatic heterocycles. The quantitative estimate of drug-likeness (QED) is 0.786. The van der Waals surface area contributed by atoms with E-state index in [0.29, 0.717) is 35.0 Å². The van der Waals surface area contributed by atoms with Crippen LogP contribution in [0.15, 0.2) is 53.5 Å². The summed E-state index contributed by atoms with van der Waals surface area (Å²) in [5.41, 5.74) is 1.56. The zero-order valence-electron chi connectivity index (χ0n) is 15.7. The van der Waals surface area contributed by atoms with Crippen molar-refractivity contribution in [1.82, 2.24) is 4.90 Å². The van der Waals surface area contributed by atoms with Crippen LogP contribution in [0.1, 0.15) is 6.42 Å². The Hall–Kier alpha value is -2.71. The molecule has 9 heteroatoms. The highest BCUT2D eigenvalue weighted by atomic mass is 35.5. The van der Waals surface area contributed by atoms with Gasteiger partial charge in [-0.05, 0) is 30.3 Å². The third-order valence-electron chi connectivity index (χ3n) is 4.64. The molecule has 1 atom stereocenters. The average Bonchev–Trinajstić information content (AvgIpc) is 3.03. The normalized spacial score (nSPS) is 18.3. The summed E-state index contributed by atoms with van der Waals surface area (Å²) in [6, 6.07) is 14.7. The molecule has 1 unspecified atom stereocenters. The number of hydrogen-bond acceptors (Lipinski definition) is 6. The minimum atomic E-state index is -0.475. The second-order valence-corrected chi connectivity index (χ2v) is 8.15. The van der Waals surface area contributed by atoms with Gasteiger partial charge in [-0.15, -0.1) is 0 Å². The first-order valence-corrected chi connectivity index (χ1v) is 10.3. The lowest BCUT2D eigenvalue weighted by atomic mass is 10.2. The van der Waals surface area contributed by atoms with Crippen LogP contribution >= 0.6 is 23.4 Å². The van der Waals surface area contributed by atoms with E-state index in [1.165, 1.54) is 11.8 Å². The Morgan fingerprint density at radius 1 is 1.31 bits per heavy atom. The van der Waals surface area contributed by atoms with E-state index in [2.05, 4.69) is 10.3 Å². The lowest BCUT2D eigenvalue weighted by Crippen LogP contribution is -2.46. The van der Waals surface area contributed by atoms with Crippen molar-refractivity contribution in [3.8, 4) is 5.75 Å². The molecule has 2 aromatic carbocycles. The van der Waals surface area contributed by atoms with Gasteiger partial charge in [-0.1, -0.05) is 41.6 Å². The first kappa shape index (κ1) is 19.6. The Labute approximate surface area is 177 Å². The second-order valence-electron chi connectivity index (χ2n) is 6.57. The fraction of sp³-hybridized carbons (Fsp3) is 0.250. The van der Waals surface area contributed by atoms with Gasteiger partial charge >= 0.3 is 0 Å². The largest absolute Gasteiger partial charge is 0.495 e. The van der Waals surface area contributed by atoms with Crippen molar-refractivity contribution >= 4 is 51.7 Å². The summed E-state index contributed by atoms with van der Waals surface area (Å²) in [7, 11) is 1.56. The molecule has 2 aliphatic rings. The molecule has 1 N–H and O–H groups in total. The third-order valence-corrected chi connectivity index (χ3v) is 6.15.